The highest BCUT2D eigenvalue weighted by molar-refractivity contribution is 6.60. The lowest BCUT2D eigenvalue weighted by Gasteiger charge is -2.24. The predicted octanol–water partition coefficient (Wildman–Crippen LogP) is 6.12. The standard InChI is InChI=1S/C19H40O3Si/c1-5-6-7-8-9-10-11-12-13-14-15-16-17-18-19-23(20-2,21-3)22-4/h8-9H,5-7,10-19H2,1-4H3. The molecule has 0 aromatic heterocycles. The maximum atomic E-state index is 5.44. The summed E-state index contributed by atoms with van der Waals surface area (Å²) in [6.07, 6.45) is 20.4. The molecule has 0 radical (unpaired) electrons. The second kappa shape index (κ2) is 16.7. The van der Waals surface area contributed by atoms with Crippen LogP contribution in [0.1, 0.15) is 84.0 Å². The van der Waals surface area contributed by atoms with Crippen molar-refractivity contribution >= 4 is 8.80 Å². The molecular formula is C19H40O3Si. The van der Waals surface area contributed by atoms with Crippen LogP contribution >= 0.6 is 0 Å². The summed E-state index contributed by atoms with van der Waals surface area (Å²) in [6, 6.07) is 0.931. The number of allylic oxidation sites excluding steroid dienone is 2. The Labute approximate surface area is 146 Å². The molecule has 0 aliphatic carbocycles. The Bertz CT molecular complexity index is 257. The van der Waals surface area contributed by atoms with Gasteiger partial charge in [-0.2, -0.15) is 0 Å². The molecule has 4 heteroatoms. The minimum absolute atomic E-state index is 0.931. The number of hydrogen-bond acceptors (Lipinski definition) is 3. The minimum atomic E-state index is -2.33. The van der Waals surface area contributed by atoms with E-state index in [1.54, 1.807) is 21.3 Å². The van der Waals surface area contributed by atoms with Crippen LogP contribution in [0.2, 0.25) is 6.04 Å². The minimum Gasteiger partial charge on any atom is -0.377 e. The maximum Gasteiger partial charge on any atom is 0.500 e. The normalized spacial score (nSPS) is 12.3. The van der Waals surface area contributed by atoms with Crippen molar-refractivity contribution in [1.29, 1.82) is 0 Å². The van der Waals surface area contributed by atoms with Gasteiger partial charge in [0.2, 0.25) is 0 Å². The zero-order valence-electron chi connectivity index (χ0n) is 16.1. The second-order valence-electron chi connectivity index (χ2n) is 6.28. The van der Waals surface area contributed by atoms with Crippen molar-refractivity contribution in [3.05, 3.63) is 12.2 Å². The Hall–Kier alpha value is -0.163. The van der Waals surface area contributed by atoms with Crippen molar-refractivity contribution < 1.29 is 13.3 Å². The highest BCUT2D eigenvalue weighted by atomic mass is 28.4. The van der Waals surface area contributed by atoms with E-state index in [9.17, 15) is 0 Å². The molecule has 0 aliphatic rings. The van der Waals surface area contributed by atoms with E-state index in [4.69, 9.17) is 13.3 Å². The summed E-state index contributed by atoms with van der Waals surface area (Å²) < 4.78 is 16.3. The molecule has 0 saturated carbocycles. The van der Waals surface area contributed by atoms with Gasteiger partial charge in [0.05, 0.1) is 0 Å². The van der Waals surface area contributed by atoms with Gasteiger partial charge in [-0.25, -0.2) is 0 Å². The van der Waals surface area contributed by atoms with Crippen molar-refractivity contribution in [1.82, 2.24) is 0 Å². The molecule has 0 amide bonds. The van der Waals surface area contributed by atoms with Crippen molar-refractivity contribution in [2.24, 2.45) is 0 Å². The molecule has 0 rings (SSSR count). The third-order valence-corrected chi connectivity index (χ3v) is 7.26. The average molecular weight is 345 g/mol. The molecule has 0 N–H and O–H groups in total. The van der Waals surface area contributed by atoms with Gasteiger partial charge in [0.1, 0.15) is 0 Å². The summed E-state index contributed by atoms with van der Waals surface area (Å²) in [5.74, 6) is 0. The molecule has 0 unspecified atom stereocenters. The molecule has 0 aromatic rings. The molecule has 0 bridgehead atoms. The van der Waals surface area contributed by atoms with Crippen LogP contribution in [0.4, 0.5) is 0 Å². The van der Waals surface area contributed by atoms with E-state index in [0.29, 0.717) is 0 Å². The maximum absolute atomic E-state index is 5.44. The fraction of sp³-hybridized carbons (Fsp3) is 0.895. The highest BCUT2D eigenvalue weighted by Crippen LogP contribution is 2.18. The summed E-state index contributed by atoms with van der Waals surface area (Å²) in [7, 11) is 2.75. The van der Waals surface area contributed by atoms with Gasteiger partial charge in [0.25, 0.3) is 0 Å². The van der Waals surface area contributed by atoms with Crippen LogP contribution in [0.3, 0.4) is 0 Å². The Balaban J connectivity index is 3.32. The largest absolute Gasteiger partial charge is 0.500 e. The summed E-state index contributed by atoms with van der Waals surface area (Å²) in [5, 5.41) is 0. The van der Waals surface area contributed by atoms with Crippen LogP contribution in [0.15, 0.2) is 12.2 Å². The van der Waals surface area contributed by atoms with E-state index < -0.39 is 8.80 Å². The predicted molar refractivity (Wildman–Crippen MR) is 102 cm³/mol. The Morgan fingerprint density at radius 3 is 1.52 bits per heavy atom. The van der Waals surface area contributed by atoms with E-state index in [-0.39, 0.29) is 0 Å². The topological polar surface area (TPSA) is 27.7 Å². The first-order valence-electron chi connectivity index (χ1n) is 9.55. The molecule has 0 atom stereocenters. The Morgan fingerprint density at radius 1 is 0.609 bits per heavy atom. The number of unbranched alkanes of at least 4 members (excludes halogenated alkanes) is 10. The molecular weight excluding hydrogens is 304 g/mol. The molecule has 0 aliphatic heterocycles. The molecule has 0 aromatic carbocycles. The van der Waals surface area contributed by atoms with Crippen molar-refractivity contribution in [2.45, 2.75) is 90.0 Å². The molecule has 0 saturated heterocycles. The Kier molecular flexibility index (Phi) is 16.6. The van der Waals surface area contributed by atoms with Crippen LogP contribution < -0.4 is 0 Å². The van der Waals surface area contributed by atoms with Gasteiger partial charge < -0.3 is 13.3 Å². The lowest BCUT2D eigenvalue weighted by Crippen LogP contribution is -2.42. The lowest BCUT2D eigenvalue weighted by molar-refractivity contribution is 0.122. The number of rotatable bonds is 17. The van der Waals surface area contributed by atoms with E-state index >= 15 is 0 Å². The summed E-state index contributed by atoms with van der Waals surface area (Å²) >= 11 is 0. The van der Waals surface area contributed by atoms with E-state index in [1.807, 2.05) is 0 Å². The molecule has 0 spiro atoms. The van der Waals surface area contributed by atoms with E-state index in [1.165, 1.54) is 70.6 Å². The van der Waals surface area contributed by atoms with Crippen LogP contribution in [-0.2, 0) is 13.3 Å². The van der Waals surface area contributed by atoms with Crippen LogP contribution in [0.5, 0.6) is 0 Å². The first kappa shape index (κ1) is 22.8. The fourth-order valence-corrected chi connectivity index (χ4v) is 4.57. The third-order valence-electron chi connectivity index (χ3n) is 4.43. The van der Waals surface area contributed by atoms with Crippen molar-refractivity contribution in [2.75, 3.05) is 21.3 Å². The molecule has 23 heavy (non-hydrogen) atoms. The van der Waals surface area contributed by atoms with E-state index in [0.717, 1.165) is 12.5 Å². The zero-order chi connectivity index (χ0) is 17.2. The van der Waals surface area contributed by atoms with Crippen molar-refractivity contribution in [3.63, 3.8) is 0 Å². The van der Waals surface area contributed by atoms with Gasteiger partial charge in [-0.3, -0.25) is 0 Å². The zero-order valence-corrected chi connectivity index (χ0v) is 17.1. The monoisotopic (exact) mass is 344 g/mol. The van der Waals surface area contributed by atoms with Gasteiger partial charge >= 0.3 is 8.80 Å². The molecule has 0 heterocycles. The Morgan fingerprint density at radius 2 is 1.04 bits per heavy atom. The molecule has 0 fully saturated rings. The lowest BCUT2D eigenvalue weighted by atomic mass is 10.1. The smallest absolute Gasteiger partial charge is 0.377 e. The van der Waals surface area contributed by atoms with Gasteiger partial charge in [-0.15, -0.1) is 0 Å². The average Bonchev–Trinajstić information content (AvgIpc) is 2.59. The van der Waals surface area contributed by atoms with Gasteiger partial charge in [-0.05, 0) is 25.7 Å². The van der Waals surface area contributed by atoms with Crippen LogP contribution in [0, 0.1) is 0 Å². The number of hydrogen-bond donors (Lipinski definition) is 0. The summed E-state index contributed by atoms with van der Waals surface area (Å²) in [6.45, 7) is 2.25. The van der Waals surface area contributed by atoms with Gasteiger partial charge in [-0.1, -0.05) is 70.4 Å². The first-order valence-corrected chi connectivity index (χ1v) is 11.5. The first-order chi connectivity index (χ1) is 11.2. The van der Waals surface area contributed by atoms with Crippen molar-refractivity contribution in [3.8, 4) is 0 Å². The van der Waals surface area contributed by atoms with Gasteiger partial charge in [0, 0.05) is 27.4 Å². The quantitative estimate of drug-likeness (QED) is 0.181. The van der Waals surface area contributed by atoms with Crippen LogP contribution in [-0.4, -0.2) is 30.1 Å². The molecule has 3 nitrogen and oxygen atoms in total. The fourth-order valence-electron chi connectivity index (χ4n) is 2.78. The van der Waals surface area contributed by atoms with Gasteiger partial charge in [0.15, 0.2) is 0 Å². The summed E-state index contributed by atoms with van der Waals surface area (Å²) in [5.41, 5.74) is 0. The SMILES string of the molecule is CCCCC=CCCCCCCCCCC[Si](OC)(OC)OC. The van der Waals surface area contributed by atoms with E-state index in [2.05, 4.69) is 19.1 Å². The van der Waals surface area contributed by atoms with Crippen LogP contribution in [0.25, 0.3) is 0 Å². The summed E-state index contributed by atoms with van der Waals surface area (Å²) in [4.78, 5) is 0. The third kappa shape index (κ3) is 12.9. The molecule has 138 valence electrons. The second-order valence-corrected chi connectivity index (χ2v) is 9.37. The highest BCUT2D eigenvalue weighted by Gasteiger charge is 2.36.